The first kappa shape index (κ1) is 13.4. The monoisotopic (exact) mass is 294 g/mol. The van der Waals surface area contributed by atoms with Crippen LogP contribution in [0.25, 0.3) is 10.2 Å². The van der Waals surface area contributed by atoms with Gasteiger partial charge in [0.15, 0.2) is 0 Å². The highest BCUT2D eigenvalue weighted by molar-refractivity contribution is 7.21. The molecule has 1 aliphatic heterocycles. The Morgan fingerprint density at radius 1 is 1.45 bits per heavy atom. The van der Waals surface area contributed by atoms with Gasteiger partial charge in [0.05, 0.1) is 22.9 Å². The maximum Gasteiger partial charge on any atom is 0.266 e. The van der Waals surface area contributed by atoms with Gasteiger partial charge < -0.3 is 15.7 Å². The molecule has 0 spiro atoms. The number of piperidine rings is 1. The number of fused-ring (bicyclic) bond motifs is 1. The fraction of sp³-hybridized carbons (Fsp3) is 0.538. The van der Waals surface area contributed by atoms with Crippen LogP contribution in [0.2, 0.25) is 0 Å². The number of aryl methyl sites for hydroxylation is 2. The predicted octanol–water partition coefficient (Wildman–Crippen LogP) is 1.12. The van der Waals surface area contributed by atoms with E-state index in [0.717, 1.165) is 15.9 Å². The second-order valence-corrected chi connectivity index (χ2v) is 6.26. The molecule has 3 rings (SSSR count). The Kier molecular flexibility index (Phi) is 3.18. The normalized spacial score (nSPS) is 17.1. The van der Waals surface area contributed by atoms with E-state index in [2.05, 4.69) is 5.10 Å². The van der Waals surface area contributed by atoms with Crippen LogP contribution in [0, 0.1) is 6.92 Å². The van der Waals surface area contributed by atoms with E-state index < -0.39 is 0 Å². The zero-order valence-corrected chi connectivity index (χ0v) is 12.4. The summed E-state index contributed by atoms with van der Waals surface area (Å²) in [7, 11) is 1.86. The Hall–Kier alpha value is -1.60. The van der Waals surface area contributed by atoms with Gasteiger partial charge in [-0.1, -0.05) is 0 Å². The van der Waals surface area contributed by atoms with Crippen molar-refractivity contribution in [3.8, 4) is 0 Å². The molecule has 1 aliphatic rings. The number of amides is 1. The largest absolute Gasteiger partial charge is 0.397 e. The molecule has 0 aliphatic carbocycles. The van der Waals surface area contributed by atoms with Crippen LogP contribution < -0.4 is 5.73 Å². The molecule has 3 heterocycles. The number of aliphatic hydroxyl groups is 1. The molecular formula is C13H18N4O2S. The van der Waals surface area contributed by atoms with Crippen molar-refractivity contribution in [1.29, 1.82) is 0 Å². The molecule has 0 saturated carbocycles. The Balaban J connectivity index is 1.96. The summed E-state index contributed by atoms with van der Waals surface area (Å²) in [6, 6.07) is 0. The van der Waals surface area contributed by atoms with Crippen LogP contribution in [0.1, 0.15) is 28.2 Å². The van der Waals surface area contributed by atoms with Gasteiger partial charge in [0.2, 0.25) is 0 Å². The van der Waals surface area contributed by atoms with E-state index in [1.807, 2.05) is 14.0 Å². The number of rotatable bonds is 1. The number of thiophene rings is 1. The quantitative estimate of drug-likeness (QED) is 0.825. The number of carbonyl (C=O) groups excluding carboxylic acids is 1. The predicted molar refractivity (Wildman–Crippen MR) is 78.9 cm³/mol. The molecule has 7 heteroatoms. The number of likely N-dealkylation sites (tertiary alicyclic amines) is 1. The molecule has 1 saturated heterocycles. The Morgan fingerprint density at radius 2 is 2.10 bits per heavy atom. The summed E-state index contributed by atoms with van der Waals surface area (Å²) in [5.74, 6) is -0.0324. The number of nitrogen functional groups attached to an aromatic ring is 1. The molecule has 20 heavy (non-hydrogen) atoms. The smallest absolute Gasteiger partial charge is 0.266 e. The second kappa shape index (κ2) is 4.75. The van der Waals surface area contributed by atoms with Crippen LogP contribution in [0.15, 0.2) is 0 Å². The lowest BCUT2D eigenvalue weighted by Crippen LogP contribution is -2.39. The van der Waals surface area contributed by atoms with Gasteiger partial charge in [-0.2, -0.15) is 5.10 Å². The SMILES string of the molecule is Cc1nn(C)c2sc(C(=O)N3CCC(O)CC3)c(N)c12. The summed E-state index contributed by atoms with van der Waals surface area (Å²) in [6.45, 7) is 3.08. The molecule has 1 amide bonds. The highest BCUT2D eigenvalue weighted by atomic mass is 32.1. The average Bonchev–Trinajstić information content (AvgIpc) is 2.89. The third-order valence-corrected chi connectivity index (χ3v) is 5.09. The van der Waals surface area contributed by atoms with Crippen LogP contribution in [0.3, 0.4) is 0 Å². The van der Waals surface area contributed by atoms with Crippen molar-refractivity contribution >= 4 is 33.1 Å². The lowest BCUT2D eigenvalue weighted by molar-refractivity contribution is 0.0551. The summed E-state index contributed by atoms with van der Waals surface area (Å²) < 4.78 is 1.77. The average molecular weight is 294 g/mol. The van der Waals surface area contributed by atoms with Crippen molar-refractivity contribution in [2.75, 3.05) is 18.8 Å². The summed E-state index contributed by atoms with van der Waals surface area (Å²) in [6.07, 6.45) is 0.985. The molecule has 0 atom stereocenters. The maximum absolute atomic E-state index is 12.6. The van der Waals surface area contributed by atoms with E-state index in [-0.39, 0.29) is 12.0 Å². The van der Waals surface area contributed by atoms with Crippen molar-refractivity contribution < 1.29 is 9.90 Å². The highest BCUT2D eigenvalue weighted by Gasteiger charge is 2.27. The van der Waals surface area contributed by atoms with E-state index in [1.54, 1.807) is 9.58 Å². The molecule has 2 aromatic rings. The summed E-state index contributed by atoms with van der Waals surface area (Å²) in [4.78, 5) is 15.9. The van der Waals surface area contributed by atoms with Gasteiger partial charge in [-0.05, 0) is 19.8 Å². The number of hydrogen-bond acceptors (Lipinski definition) is 5. The van der Waals surface area contributed by atoms with Gasteiger partial charge in [-0.25, -0.2) is 0 Å². The van der Waals surface area contributed by atoms with Gasteiger partial charge in [0.25, 0.3) is 5.91 Å². The summed E-state index contributed by atoms with van der Waals surface area (Å²) in [5, 5.41) is 14.7. The van der Waals surface area contributed by atoms with Crippen molar-refractivity contribution in [3.63, 3.8) is 0 Å². The minimum Gasteiger partial charge on any atom is -0.397 e. The molecule has 1 fully saturated rings. The Bertz CT molecular complexity index is 668. The molecular weight excluding hydrogens is 276 g/mol. The highest BCUT2D eigenvalue weighted by Crippen LogP contribution is 2.36. The van der Waals surface area contributed by atoms with Crippen LogP contribution in [-0.2, 0) is 7.05 Å². The zero-order chi connectivity index (χ0) is 14.4. The number of aliphatic hydroxyl groups excluding tert-OH is 1. The zero-order valence-electron chi connectivity index (χ0n) is 11.6. The van der Waals surface area contributed by atoms with Crippen LogP contribution in [-0.4, -0.2) is 44.9 Å². The minimum absolute atomic E-state index is 0.0324. The van der Waals surface area contributed by atoms with Crippen molar-refractivity contribution in [2.24, 2.45) is 7.05 Å². The van der Waals surface area contributed by atoms with E-state index in [1.165, 1.54) is 11.3 Å². The molecule has 0 bridgehead atoms. The number of aromatic nitrogens is 2. The topological polar surface area (TPSA) is 84.4 Å². The van der Waals surface area contributed by atoms with Gasteiger partial charge in [-0.15, -0.1) is 11.3 Å². The summed E-state index contributed by atoms with van der Waals surface area (Å²) >= 11 is 1.40. The number of carbonyl (C=O) groups is 1. The van der Waals surface area contributed by atoms with Crippen molar-refractivity contribution in [3.05, 3.63) is 10.6 Å². The first-order chi connectivity index (χ1) is 9.49. The van der Waals surface area contributed by atoms with E-state index >= 15 is 0 Å². The molecule has 2 aromatic heterocycles. The fourth-order valence-electron chi connectivity index (χ4n) is 2.70. The van der Waals surface area contributed by atoms with Gasteiger partial charge in [-0.3, -0.25) is 9.48 Å². The lowest BCUT2D eigenvalue weighted by Gasteiger charge is -2.29. The Labute approximate surface area is 120 Å². The first-order valence-corrected chi connectivity index (χ1v) is 7.49. The minimum atomic E-state index is -0.287. The second-order valence-electron chi connectivity index (χ2n) is 5.26. The maximum atomic E-state index is 12.6. The van der Waals surface area contributed by atoms with E-state index in [9.17, 15) is 9.90 Å². The van der Waals surface area contributed by atoms with Gasteiger partial charge in [0, 0.05) is 20.1 Å². The fourth-order valence-corrected chi connectivity index (χ4v) is 3.86. The number of hydrogen-bond donors (Lipinski definition) is 2. The molecule has 3 N–H and O–H groups in total. The Morgan fingerprint density at radius 3 is 2.70 bits per heavy atom. The first-order valence-electron chi connectivity index (χ1n) is 6.68. The van der Waals surface area contributed by atoms with E-state index in [4.69, 9.17) is 5.73 Å². The standard InChI is InChI=1S/C13H18N4O2S/c1-7-9-10(14)11(20-13(9)16(2)15-7)12(19)17-5-3-8(18)4-6-17/h8,18H,3-6,14H2,1-2H3. The van der Waals surface area contributed by atoms with Crippen LogP contribution in [0.5, 0.6) is 0 Å². The van der Waals surface area contributed by atoms with Crippen molar-refractivity contribution in [1.82, 2.24) is 14.7 Å². The molecule has 6 nitrogen and oxygen atoms in total. The number of nitrogens with zero attached hydrogens (tertiary/aromatic N) is 3. The van der Waals surface area contributed by atoms with Gasteiger partial charge >= 0.3 is 0 Å². The third kappa shape index (κ3) is 1.97. The number of anilines is 1. The van der Waals surface area contributed by atoms with Crippen molar-refractivity contribution in [2.45, 2.75) is 25.9 Å². The van der Waals surface area contributed by atoms with Crippen LogP contribution in [0.4, 0.5) is 5.69 Å². The number of nitrogens with two attached hydrogens (primary N) is 1. The third-order valence-electron chi connectivity index (χ3n) is 3.83. The molecule has 0 unspecified atom stereocenters. The molecule has 0 aromatic carbocycles. The van der Waals surface area contributed by atoms with E-state index in [0.29, 0.717) is 36.5 Å². The van der Waals surface area contributed by atoms with Crippen LogP contribution >= 0.6 is 11.3 Å². The molecule has 0 radical (unpaired) electrons. The summed E-state index contributed by atoms with van der Waals surface area (Å²) in [5.41, 5.74) is 7.53. The van der Waals surface area contributed by atoms with Gasteiger partial charge in [0.1, 0.15) is 9.71 Å². The molecule has 108 valence electrons. The lowest BCUT2D eigenvalue weighted by atomic mass is 10.1.